The number of likely N-dealkylation sites (tertiary alicyclic amines) is 1. The van der Waals surface area contributed by atoms with Crippen LogP contribution in [0, 0.1) is 17.8 Å². The number of piperidine rings is 1. The van der Waals surface area contributed by atoms with Crippen LogP contribution in [0.1, 0.15) is 56.6 Å². The SMILES string of the molecule is CN1C(=O)CCC(C(=O)NC2C3CCCC2CC(N)C3)C1c1ccccc1. The van der Waals surface area contributed by atoms with E-state index in [4.69, 9.17) is 5.73 Å². The van der Waals surface area contributed by atoms with Gasteiger partial charge in [0, 0.05) is 25.6 Å². The number of carbonyl (C=O) groups excluding carboxylic acids is 2. The van der Waals surface area contributed by atoms with Gasteiger partial charge in [-0.1, -0.05) is 36.8 Å². The molecule has 1 aromatic carbocycles. The number of nitrogens with zero attached hydrogens (tertiary/aromatic N) is 1. The van der Waals surface area contributed by atoms with Gasteiger partial charge in [0.05, 0.1) is 12.0 Å². The highest BCUT2D eigenvalue weighted by atomic mass is 16.2. The van der Waals surface area contributed by atoms with E-state index in [-0.39, 0.29) is 35.9 Å². The summed E-state index contributed by atoms with van der Waals surface area (Å²) in [6.45, 7) is 0. The molecule has 2 aliphatic carbocycles. The Balaban J connectivity index is 1.54. The summed E-state index contributed by atoms with van der Waals surface area (Å²) in [6, 6.07) is 10.3. The van der Waals surface area contributed by atoms with Crippen molar-refractivity contribution in [2.75, 3.05) is 7.05 Å². The second kappa shape index (κ2) is 7.63. The zero-order valence-electron chi connectivity index (χ0n) is 16.1. The van der Waals surface area contributed by atoms with Crippen LogP contribution in [0.2, 0.25) is 0 Å². The van der Waals surface area contributed by atoms with E-state index in [0.717, 1.165) is 18.4 Å². The standard InChI is InChI=1S/C22H31N3O2/c1-25-19(26)11-10-18(21(25)14-6-3-2-4-7-14)22(27)24-20-15-8-5-9-16(20)13-17(23)12-15/h2-4,6-7,15-18,20-21H,5,8-13,23H2,1H3,(H,24,27). The van der Waals surface area contributed by atoms with Crippen molar-refractivity contribution in [3.63, 3.8) is 0 Å². The van der Waals surface area contributed by atoms with Gasteiger partial charge in [0.25, 0.3) is 0 Å². The van der Waals surface area contributed by atoms with Crippen molar-refractivity contribution in [2.45, 2.75) is 63.1 Å². The van der Waals surface area contributed by atoms with Gasteiger partial charge >= 0.3 is 0 Å². The van der Waals surface area contributed by atoms with E-state index < -0.39 is 0 Å². The van der Waals surface area contributed by atoms with Crippen molar-refractivity contribution in [3.05, 3.63) is 35.9 Å². The highest BCUT2D eigenvalue weighted by molar-refractivity contribution is 5.85. The van der Waals surface area contributed by atoms with E-state index in [9.17, 15) is 9.59 Å². The molecule has 0 spiro atoms. The highest BCUT2D eigenvalue weighted by Crippen LogP contribution is 2.41. The summed E-state index contributed by atoms with van der Waals surface area (Å²) in [5.74, 6) is 1.06. The number of hydrogen-bond donors (Lipinski definition) is 2. The minimum atomic E-state index is -0.188. The quantitative estimate of drug-likeness (QED) is 0.860. The summed E-state index contributed by atoms with van der Waals surface area (Å²) < 4.78 is 0. The lowest BCUT2D eigenvalue weighted by molar-refractivity contribution is -0.142. The molecule has 2 bridgehead atoms. The number of amides is 2. The molecule has 3 aliphatic rings. The van der Waals surface area contributed by atoms with Crippen LogP contribution in [0.3, 0.4) is 0 Å². The van der Waals surface area contributed by atoms with E-state index in [1.807, 2.05) is 37.4 Å². The third kappa shape index (κ3) is 3.62. The number of benzene rings is 1. The van der Waals surface area contributed by atoms with Gasteiger partial charge in [-0.3, -0.25) is 9.59 Å². The molecule has 1 heterocycles. The molecule has 0 radical (unpaired) electrons. The summed E-state index contributed by atoms with van der Waals surface area (Å²) >= 11 is 0. The fraction of sp³-hybridized carbons (Fsp3) is 0.636. The summed E-state index contributed by atoms with van der Waals surface area (Å²) in [7, 11) is 1.83. The van der Waals surface area contributed by atoms with Crippen LogP contribution in [0.25, 0.3) is 0 Å². The first kappa shape index (κ1) is 18.5. The molecule has 5 heteroatoms. The molecule has 3 N–H and O–H groups in total. The number of fused-ring (bicyclic) bond motifs is 2. The first-order valence-corrected chi connectivity index (χ1v) is 10.4. The molecule has 5 nitrogen and oxygen atoms in total. The molecular weight excluding hydrogens is 338 g/mol. The van der Waals surface area contributed by atoms with Gasteiger partial charge < -0.3 is 16.0 Å². The topological polar surface area (TPSA) is 75.4 Å². The summed E-state index contributed by atoms with van der Waals surface area (Å²) in [6.07, 6.45) is 6.69. The average Bonchev–Trinajstić information content (AvgIpc) is 2.65. The maximum absolute atomic E-state index is 13.3. The van der Waals surface area contributed by atoms with Gasteiger partial charge in [-0.25, -0.2) is 0 Å². The number of carbonyl (C=O) groups is 2. The van der Waals surface area contributed by atoms with E-state index in [1.54, 1.807) is 4.90 Å². The maximum atomic E-state index is 13.3. The Hall–Kier alpha value is -1.88. The van der Waals surface area contributed by atoms with Crippen molar-refractivity contribution in [2.24, 2.45) is 23.5 Å². The van der Waals surface area contributed by atoms with Gasteiger partial charge in [-0.2, -0.15) is 0 Å². The zero-order chi connectivity index (χ0) is 19.0. The van der Waals surface area contributed by atoms with Gasteiger partial charge in [-0.15, -0.1) is 0 Å². The van der Waals surface area contributed by atoms with Crippen LogP contribution in [0.5, 0.6) is 0 Å². The van der Waals surface area contributed by atoms with Crippen LogP contribution in [-0.4, -0.2) is 35.8 Å². The van der Waals surface area contributed by atoms with Crippen LogP contribution < -0.4 is 11.1 Å². The predicted molar refractivity (Wildman–Crippen MR) is 105 cm³/mol. The van der Waals surface area contributed by atoms with Crippen molar-refractivity contribution >= 4 is 11.8 Å². The Bertz CT molecular complexity index is 678. The van der Waals surface area contributed by atoms with Crippen molar-refractivity contribution in [1.82, 2.24) is 10.2 Å². The van der Waals surface area contributed by atoms with Crippen molar-refractivity contribution in [1.29, 1.82) is 0 Å². The smallest absolute Gasteiger partial charge is 0.225 e. The molecule has 4 rings (SSSR count). The zero-order valence-corrected chi connectivity index (χ0v) is 16.1. The molecule has 4 atom stereocenters. The molecule has 146 valence electrons. The number of hydrogen-bond acceptors (Lipinski definition) is 3. The van der Waals surface area contributed by atoms with Crippen LogP contribution in [0.15, 0.2) is 30.3 Å². The Morgan fingerprint density at radius 3 is 2.44 bits per heavy atom. The first-order valence-electron chi connectivity index (χ1n) is 10.4. The summed E-state index contributed by atoms with van der Waals surface area (Å²) in [5, 5.41) is 3.41. The third-order valence-corrected chi connectivity index (χ3v) is 7.02. The number of nitrogens with one attached hydrogen (secondary N) is 1. The van der Waals surface area contributed by atoms with Crippen molar-refractivity contribution < 1.29 is 9.59 Å². The minimum absolute atomic E-state index is 0.112. The van der Waals surface area contributed by atoms with E-state index in [2.05, 4.69) is 5.32 Å². The number of nitrogens with two attached hydrogens (primary N) is 1. The fourth-order valence-corrected chi connectivity index (χ4v) is 5.71. The molecule has 27 heavy (non-hydrogen) atoms. The van der Waals surface area contributed by atoms with Gasteiger partial charge in [-0.05, 0) is 49.5 Å². The Morgan fingerprint density at radius 1 is 1.11 bits per heavy atom. The van der Waals surface area contributed by atoms with Crippen LogP contribution in [-0.2, 0) is 9.59 Å². The lowest BCUT2D eigenvalue weighted by Crippen LogP contribution is -2.56. The van der Waals surface area contributed by atoms with Gasteiger partial charge in [0.2, 0.25) is 11.8 Å². The lowest BCUT2D eigenvalue weighted by atomic mass is 9.66. The fourth-order valence-electron chi connectivity index (χ4n) is 5.71. The van der Waals surface area contributed by atoms with Crippen LogP contribution >= 0.6 is 0 Å². The Kier molecular flexibility index (Phi) is 5.22. The average molecular weight is 370 g/mol. The monoisotopic (exact) mass is 369 g/mol. The largest absolute Gasteiger partial charge is 0.352 e. The molecule has 3 fully saturated rings. The molecular formula is C22H31N3O2. The van der Waals surface area contributed by atoms with Crippen molar-refractivity contribution in [3.8, 4) is 0 Å². The molecule has 1 aromatic rings. The van der Waals surface area contributed by atoms with E-state index in [0.29, 0.717) is 24.7 Å². The van der Waals surface area contributed by atoms with E-state index in [1.165, 1.54) is 19.3 Å². The predicted octanol–water partition coefficient (Wildman–Crippen LogP) is 2.62. The molecule has 4 unspecified atom stereocenters. The lowest BCUT2D eigenvalue weighted by Gasteiger charge is -2.46. The second-order valence-corrected chi connectivity index (χ2v) is 8.72. The molecule has 2 amide bonds. The number of rotatable bonds is 3. The van der Waals surface area contributed by atoms with Gasteiger partial charge in [0.1, 0.15) is 0 Å². The summed E-state index contributed by atoms with van der Waals surface area (Å²) in [5.41, 5.74) is 7.28. The second-order valence-electron chi connectivity index (χ2n) is 8.72. The minimum Gasteiger partial charge on any atom is -0.352 e. The Morgan fingerprint density at radius 2 is 1.78 bits per heavy atom. The highest BCUT2D eigenvalue weighted by Gasteiger charge is 2.43. The molecule has 2 saturated carbocycles. The Labute approximate surface area is 161 Å². The molecule has 1 saturated heterocycles. The molecule has 1 aliphatic heterocycles. The first-order chi connectivity index (χ1) is 13.0. The third-order valence-electron chi connectivity index (χ3n) is 7.02. The van der Waals surface area contributed by atoms with E-state index >= 15 is 0 Å². The van der Waals surface area contributed by atoms with Gasteiger partial charge in [0.15, 0.2) is 0 Å². The molecule has 0 aromatic heterocycles. The van der Waals surface area contributed by atoms with Crippen LogP contribution in [0.4, 0.5) is 0 Å². The maximum Gasteiger partial charge on any atom is 0.225 e. The normalized spacial score (nSPS) is 36.4. The summed E-state index contributed by atoms with van der Waals surface area (Å²) in [4.78, 5) is 27.4.